The lowest BCUT2D eigenvalue weighted by Gasteiger charge is -2.37. The van der Waals surface area contributed by atoms with Crippen molar-refractivity contribution in [1.82, 2.24) is 4.90 Å². The first kappa shape index (κ1) is 17.1. The largest absolute Gasteiger partial charge is 0.465 e. The van der Waals surface area contributed by atoms with Crippen molar-refractivity contribution in [2.45, 2.75) is 58.4 Å². The van der Waals surface area contributed by atoms with Crippen LogP contribution < -0.4 is 0 Å². The van der Waals surface area contributed by atoms with Gasteiger partial charge in [0.05, 0.1) is 6.61 Å². The Morgan fingerprint density at radius 1 is 1.23 bits per heavy atom. The van der Waals surface area contributed by atoms with Gasteiger partial charge in [-0.3, -0.25) is 4.90 Å². The number of aliphatic hydroxyl groups is 1. The summed E-state index contributed by atoms with van der Waals surface area (Å²) in [6.45, 7) is 6.50. The Morgan fingerprint density at radius 2 is 1.86 bits per heavy atom. The summed E-state index contributed by atoms with van der Waals surface area (Å²) in [5.74, 6) is -0.456. The van der Waals surface area contributed by atoms with Crippen molar-refractivity contribution in [3.05, 3.63) is 0 Å². The number of carbonyl (C=O) groups excluding carboxylic acids is 1. The zero-order valence-electron chi connectivity index (χ0n) is 13.7. The van der Waals surface area contributed by atoms with Gasteiger partial charge in [0.15, 0.2) is 0 Å². The summed E-state index contributed by atoms with van der Waals surface area (Å²) in [7, 11) is 0. The first-order chi connectivity index (χ1) is 10.1. The molecule has 2 N–H and O–H groups in total. The molecule has 6 heteroatoms. The third kappa shape index (κ3) is 3.37. The molecule has 2 aliphatic rings. The van der Waals surface area contributed by atoms with Crippen LogP contribution in [-0.4, -0.2) is 52.5 Å². The number of amides is 1. The van der Waals surface area contributed by atoms with Gasteiger partial charge in [-0.1, -0.05) is 20.8 Å². The standard InChI is InChI=1S/C16H27NO5/c1-14(2,3)11-22-12(19)16(9-15(10-18)6-7-15)5-4-8-17(16)13(20)21/h18H,4-11H2,1-3H3,(H,20,21). The van der Waals surface area contributed by atoms with E-state index in [1.165, 1.54) is 4.90 Å². The topological polar surface area (TPSA) is 87.1 Å². The molecule has 6 nitrogen and oxygen atoms in total. The Kier molecular flexibility index (Phi) is 4.44. The molecular weight excluding hydrogens is 286 g/mol. The predicted molar refractivity (Wildman–Crippen MR) is 80.5 cm³/mol. The van der Waals surface area contributed by atoms with E-state index in [0.717, 1.165) is 12.8 Å². The van der Waals surface area contributed by atoms with Gasteiger partial charge in [0.25, 0.3) is 0 Å². The number of nitrogens with zero attached hydrogens (tertiary/aromatic N) is 1. The zero-order chi connectivity index (χ0) is 16.6. The third-order valence-electron chi connectivity index (χ3n) is 4.70. The molecule has 0 aromatic rings. The van der Waals surface area contributed by atoms with Crippen molar-refractivity contribution < 1.29 is 24.5 Å². The number of carbonyl (C=O) groups is 2. The maximum Gasteiger partial charge on any atom is 0.408 e. The molecule has 1 amide bonds. The van der Waals surface area contributed by atoms with Gasteiger partial charge in [-0.05, 0) is 42.9 Å². The van der Waals surface area contributed by atoms with Gasteiger partial charge in [-0.15, -0.1) is 0 Å². The number of ether oxygens (including phenoxy) is 1. The fraction of sp³-hybridized carbons (Fsp3) is 0.875. The van der Waals surface area contributed by atoms with Gasteiger partial charge in [0.2, 0.25) is 0 Å². The highest BCUT2D eigenvalue weighted by Crippen LogP contribution is 2.54. The fourth-order valence-electron chi connectivity index (χ4n) is 3.23. The van der Waals surface area contributed by atoms with Gasteiger partial charge in [0.1, 0.15) is 5.54 Å². The third-order valence-corrected chi connectivity index (χ3v) is 4.70. The van der Waals surface area contributed by atoms with Crippen molar-refractivity contribution in [3.8, 4) is 0 Å². The lowest BCUT2D eigenvalue weighted by Crippen LogP contribution is -2.55. The smallest absolute Gasteiger partial charge is 0.408 e. The molecule has 126 valence electrons. The van der Waals surface area contributed by atoms with Crippen LogP contribution in [-0.2, 0) is 9.53 Å². The molecule has 1 saturated carbocycles. The van der Waals surface area contributed by atoms with Crippen LogP contribution in [0.15, 0.2) is 0 Å². The van der Waals surface area contributed by atoms with E-state index in [2.05, 4.69) is 0 Å². The molecule has 2 rings (SSSR count). The van der Waals surface area contributed by atoms with Crippen LogP contribution in [0.4, 0.5) is 4.79 Å². The van der Waals surface area contributed by atoms with Crippen LogP contribution in [0.5, 0.6) is 0 Å². The molecule has 1 aliphatic carbocycles. The Bertz CT molecular complexity index is 452. The van der Waals surface area contributed by atoms with Crippen LogP contribution in [0.25, 0.3) is 0 Å². The van der Waals surface area contributed by atoms with Gasteiger partial charge in [0, 0.05) is 13.2 Å². The molecule has 0 spiro atoms. The number of rotatable bonds is 5. The predicted octanol–water partition coefficient (Wildman–Crippen LogP) is 2.25. The van der Waals surface area contributed by atoms with Crippen molar-refractivity contribution >= 4 is 12.1 Å². The number of carboxylic acid groups (broad SMARTS) is 1. The van der Waals surface area contributed by atoms with E-state index in [9.17, 15) is 19.8 Å². The second kappa shape index (κ2) is 5.72. The number of hydrogen-bond donors (Lipinski definition) is 2. The fourth-order valence-corrected chi connectivity index (χ4v) is 3.23. The summed E-state index contributed by atoms with van der Waals surface area (Å²) < 4.78 is 5.47. The molecular formula is C16H27NO5. The van der Waals surface area contributed by atoms with E-state index >= 15 is 0 Å². The summed E-state index contributed by atoms with van der Waals surface area (Å²) in [5.41, 5.74) is -1.60. The number of likely N-dealkylation sites (tertiary alicyclic amines) is 1. The lowest BCUT2D eigenvalue weighted by atomic mass is 9.83. The number of esters is 1. The molecule has 0 bridgehead atoms. The molecule has 0 aromatic heterocycles. The van der Waals surface area contributed by atoms with Gasteiger partial charge in [-0.25, -0.2) is 9.59 Å². The number of hydrogen-bond acceptors (Lipinski definition) is 4. The molecule has 0 radical (unpaired) electrons. The SMILES string of the molecule is CC(C)(C)COC(=O)C1(CC2(CO)CC2)CCCN1C(=O)O. The second-order valence-electron chi connectivity index (χ2n) is 8.04. The minimum absolute atomic E-state index is 0.00520. The Morgan fingerprint density at radius 3 is 2.32 bits per heavy atom. The van der Waals surface area contributed by atoms with E-state index in [1.54, 1.807) is 0 Å². The van der Waals surface area contributed by atoms with Gasteiger partial charge in [-0.2, -0.15) is 0 Å². The summed E-state index contributed by atoms with van der Waals surface area (Å²) in [6.07, 6.45) is 2.09. The summed E-state index contributed by atoms with van der Waals surface area (Å²) >= 11 is 0. The molecule has 1 aliphatic heterocycles. The van der Waals surface area contributed by atoms with Gasteiger partial charge < -0.3 is 14.9 Å². The normalized spacial score (nSPS) is 26.8. The molecule has 2 fully saturated rings. The summed E-state index contributed by atoms with van der Waals surface area (Å²) in [5, 5.41) is 19.1. The van der Waals surface area contributed by atoms with Crippen LogP contribution in [0.1, 0.15) is 52.9 Å². The van der Waals surface area contributed by atoms with Crippen LogP contribution in [0.2, 0.25) is 0 Å². The average molecular weight is 313 g/mol. The first-order valence-corrected chi connectivity index (χ1v) is 7.93. The van der Waals surface area contributed by atoms with Crippen LogP contribution in [0, 0.1) is 10.8 Å². The maximum atomic E-state index is 12.7. The van der Waals surface area contributed by atoms with E-state index in [1.807, 2.05) is 20.8 Å². The Labute approximate surface area is 131 Å². The maximum absolute atomic E-state index is 12.7. The molecule has 1 heterocycles. The lowest BCUT2D eigenvalue weighted by molar-refractivity contribution is -0.160. The Balaban J connectivity index is 2.21. The quantitative estimate of drug-likeness (QED) is 0.760. The highest BCUT2D eigenvalue weighted by Gasteiger charge is 2.58. The second-order valence-corrected chi connectivity index (χ2v) is 8.04. The zero-order valence-corrected chi connectivity index (χ0v) is 13.7. The summed E-state index contributed by atoms with van der Waals surface area (Å²) in [4.78, 5) is 25.5. The van der Waals surface area contributed by atoms with Crippen molar-refractivity contribution in [2.24, 2.45) is 10.8 Å². The highest BCUT2D eigenvalue weighted by molar-refractivity contribution is 5.86. The number of aliphatic hydroxyl groups excluding tert-OH is 1. The molecule has 0 aromatic carbocycles. The highest BCUT2D eigenvalue weighted by atomic mass is 16.5. The summed E-state index contributed by atoms with van der Waals surface area (Å²) in [6, 6.07) is 0. The van der Waals surface area contributed by atoms with E-state index < -0.39 is 17.6 Å². The van der Waals surface area contributed by atoms with E-state index in [0.29, 0.717) is 25.8 Å². The van der Waals surface area contributed by atoms with E-state index in [4.69, 9.17) is 4.74 Å². The van der Waals surface area contributed by atoms with E-state index in [-0.39, 0.29) is 24.0 Å². The van der Waals surface area contributed by atoms with Crippen molar-refractivity contribution in [2.75, 3.05) is 19.8 Å². The van der Waals surface area contributed by atoms with Crippen LogP contribution in [0.3, 0.4) is 0 Å². The minimum atomic E-state index is -1.13. The van der Waals surface area contributed by atoms with Crippen molar-refractivity contribution in [3.63, 3.8) is 0 Å². The Hall–Kier alpha value is -1.30. The molecule has 1 saturated heterocycles. The molecule has 1 unspecified atom stereocenters. The minimum Gasteiger partial charge on any atom is -0.465 e. The monoisotopic (exact) mass is 313 g/mol. The van der Waals surface area contributed by atoms with Crippen molar-refractivity contribution in [1.29, 1.82) is 0 Å². The molecule has 22 heavy (non-hydrogen) atoms. The van der Waals surface area contributed by atoms with Crippen LogP contribution >= 0.6 is 0 Å². The molecule has 1 atom stereocenters. The first-order valence-electron chi connectivity index (χ1n) is 7.93. The van der Waals surface area contributed by atoms with Gasteiger partial charge >= 0.3 is 12.1 Å². The average Bonchev–Trinajstić information content (AvgIpc) is 3.05.